The van der Waals surface area contributed by atoms with Crippen molar-refractivity contribution in [3.63, 3.8) is 0 Å². The molecule has 1 aliphatic heterocycles. The monoisotopic (exact) mass is 223 g/mol. The highest BCUT2D eigenvalue weighted by Gasteiger charge is 2.24. The molecule has 16 heavy (non-hydrogen) atoms. The summed E-state index contributed by atoms with van der Waals surface area (Å²) in [6, 6.07) is 0. The molecule has 0 amide bonds. The van der Waals surface area contributed by atoms with Crippen molar-refractivity contribution in [2.45, 2.75) is 12.8 Å². The quantitative estimate of drug-likeness (QED) is 0.643. The first-order valence-corrected chi connectivity index (χ1v) is 5.50. The maximum atomic E-state index is 11.3. The van der Waals surface area contributed by atoms with Crippen LogP contribution in [-0.4, -0.2) is 29.6 Å². The predicted octanol–water partition coefficient (Wildman–Crippen LogP) is -0.473. The normalized spacial score (nSPS) is 20.3. The molecule has 2 rings (SSSR count). The number of nitrogens with zero attached hydrogens (tertiary/aromatic N) is 2. The molecular formula is C10H17N5O. The molecular weight excluding hydrogens is 206 g/mol. The third-order valence-electron chi connectivity index (χ3n) is 3.03. The molecule has 5 N–H and O–H groups in total. The highest BCUT2D eigenvalue weighted by molar-refractivity contribution is 5.61. The van der Waals surface area contributed by atoms with Crippen molar-refractivity contribution >= 4 is 11.5 Å². The lowest BCUT2D eigenvalue weighted by Crippen LogP contribution is -2.26. The van der Waals surface area contributed by atoms with Crippen LogP contribution in [0, 0.1) is 5.92 Å². The maximum Gasteiger partial charge on any atom is 0.276 e. The van der Waals surface area contributed by atoms with E-state index < -0.39 is 0 Å². The van der Waals surface area contributed by atoms with Crippen LogP contribution in [-0.2, 0) is 0 Å². The van der Waals surface area contributed by atoms with Gasteiger partial charge in [0.1, 0.15) is 5.69 Å². The molecule has 1 aromatic rings. The van der Waals surface area contributed by atoms with Gasteiger partial charge in [0.05, 0.1) is 6.33 Å². The van der Waals surface area contributed by atoms with Gasteiger partial charge in [-0.1, -0.05) is 0 Å². The number of aromatic amines is 1. The van der Waals surface area contributed by atoms with Crippen LogP contribution in [0.15, 0.2) is 11.1 Å². The number of hydrogen-bond acceptors (Lipinski definition) is 5. The van der Waals surface area contributed by atoms with Crippen molar-refractivity contribution < 1.29 is 0 Å². The van der Waals surface area contributed by atoms with Gasteiger partial charge in [-0.15, -0.1) is 0 Å². The van der Waals surface area contributed by atoms with E-state index in [2.05, 4.69) is 14.9 Å². The van der Waals surface area contributed by atoms with Crippen LogP contribution >= 0.6 is 0 Å². The zero-order chi connectivity index (χ0) is 11.5. The standard InChI is InChI=1S/C10H17N5O/c11-3-1-7-2-4-15(5-7)9-8(12)10(16)14-6-13-9/h6-7H,1-5,11-12H2,(H,13,14,16). The number of nitrogens with one attached hydrogen (secondary N) is 1. The summed E-state index contributed by atoms with van der Waals surface area (Å²) >= 11 is 0. The van der Waals surface area contributed by atoms with Gasteiger partial charge in [0.2, 0.25) is 0 Å². The Bertz CT molecular complexity index is 416. The molecule has 0 aromatic carbocycles. The van der Waals surface area contributed by atoms with Crippen molar-refractivity contribution in [1.29, 1.82) is 0 Å². The second-order valence-electron chi connectivity index (χ2n) is 4.15. The van der Waals surface area contributed by atoms with Gasteiger partial charge >= 0.3 is 0 Å². The van der Waals surface area contributed by atoms with Gasteiger partial charge in [0.15, 0.2) is 5.82 Å². The van der Waals surface area contributed by atoms with Crippen LogP contribution in [0.4, 0.5) is 11.5 Å². The fourth-order valence-corrected chi connectivity index (χ4v) is 2.15. The molecule has 0 spiro atoms. The van der Waals surface area contributed by atoms with E-state index in [-0.39, 0.29) is 11.2 Å². The molecule has 0 saturated carbocycles. The zero-order valence-electron chi connectivity index (χ0n) is 9.15. The van der Waals surface area contributed by atoms with Crippen LogP contribution in [0.3, 0.4) is 0 Å². The second kappa shape index (κ2) is 4.52. The van der Waals surface area contributed by atoms with Gasteiger partial charge < -0.3 is 21.4 Å². The third kappa shape index (κ3) is 2.01. The van der Waals surface area contributed by atoms with E-state index in [0.717, 1.165) is 25.9 Å². The van der Waals surface area contributed by atoms with Crippen molar-refractivity contribution in [3.8, 4) is 0 Å². The molecule has 1 saturated heterocycles. The summed E-state index contributed by atoms with van der Waals surface area (Å²) in [5, 5.41) is 0. The minimum absolute atomic E-state index is 0.205. The fourth-order valence-electron chi connectivity index (χ4n) is 2.15. The molecule has 6 nitrogen and oxygen atoms in total. The molecule has 1 atom stereocenters. The zero-order valence-corrected chi connectivity index (χ0v) is 9.15. The van der Waals surface area contributed by atoms with Gasteiger partial charge in [-0.2, -0.15) is 0 Å². The van der Waals surface area contributed by atoms with E-state index in [1.807, 2.05) is 0 Å². The Kier molecular flexibility index (Phi) is 3.09. The van der Waals surface area contributed by atoms with E-state index in [0.29, 0.717) is 18.3 Å². The Hall–Kier alpha value is -1.56. The summed E-state index contributed by atoms with van der Waals surface area (Å²) in [5.41, 5.74) is 11.2. The minimum atomic E-state index is -0.271. The van der Waals surface area contributed by atoms with E-state index in [1.165, 1.54) is 6.33 Å². The highest BCUT2D eigenvalue weighted by atomic mass is 16.1. The topological polar surface area (TPSA) is 101 Å². The summed E-state index contributed by atoms with van der Waals surface area (Å²) in [5.74, 6) is 1.19. The molecule has 1 unspecified atom stereocenters. The number of nitrogens with two attached hydrogens (primary N) is 2. The Balaban J connectivity index is 2.14. The van der Waals surface area contributed by atoms with Crippen LogP contribution in [0.25, 0.3) is 0 Å². The van der Waals surface area contributed by atoms with E-state index in [1.54, 1.807) is 0 Å². The van der Waals surface area contributed by atoms with Crippen molar-refractivity contribution in [3.05, 3.63) is 16.7 Å². The van der Waals surface area contributed by atoms with E-state index in [4.69, 9.17) is 11.5 Å². The lowest BCUT2D eigenvalue weighted by atomic mass is 10.1. The van der Waals surface area contributed by atoms with Gasteiger partial charge in [-0.05, 0) is 25.3 Å². The number of hydrogen-bond donors (Lipinski definition) is 3. The summed E-state index contributed by atoms with van der Waals surface area (Å²) in [6.07, 6.45) is 3.50. The number of nitrogen functional groups attached to an aromatic ring is 1. The van der Waals surface area contributed by atoms with Crippen LogP contribution in [0.5, 0.6) is 0 Å². The predicted molar refractivity (Wildman–Crippen MR) is 63.3 cm³/mol. The molecule has 0 bridgehead atoms. The first-order chi connectivity index (χ1) is 7.72. The van der Waals surface area contributed by atoms with Gasteiger partial charge in [-0.25, -0.2) is 4.98 Å². The summed E-state index contributed by atoms with van der Waals surface area (Å²) in [4.78, 5) is 20.0. The Labute approximate surface area is 93.7 Å². The van der Waals surface area contributed by atoms with E-state index in [9.17, 15) is 4.79 Å². The molecule has 1 aromatic heterocycles. The average Bonchev–Trinajstić information content (AvgIpc) is 2.71. The summed E-state index contributed by atoms with van der Waals surface area (Å²) in [7, 11) is 0. The average molecular weight is 223 g/mol. The van der Waals surface area contributed by atoms with Gasteiger partial charge in [0.25, 0.3) is 5.56 Å². The van der Waals surface area contributed by atoms with Crippen molar-refractivity contribution in [2.75, 3.05) is 30.3 Å². The Morgan fingerprint density at radius 3 is 3.19 bits per heavy atom. The van der Waals surface area contributed by atoms with Gasteiger partial charge in [0, 0.05) is 13.1 Å². The third-order valence-corrected chi connectivity index (χ3v) is 3.03. The highest BCUT2D eigenvalue weighted by Crippen LogP contribution is 2.25. The maximum absolute atomic E-state index is 11.3. The lowest BCUT2D eigenvalue weighted by Gasteiger charge is -2.18. The van der Waals surface area contributed by atoms with E-state index >= 15 is 0 Å². The number of rotatable bonds is 3. The lowest BCUT2D eigenvalue weighted by molar-refractivity contribution is 0.546. The molecule has 0 aliphatic carbocycles. The van der Waals surface area contributed by atoms with Gasteiger partial charge in [-0.3, -0.25) is 4.79 Å². The largest absolute Gasteiger partial charge is 0.391 e. The fraction of sp³-hybridized carbons (Fsp3) is 0.600. The minimum Gasteiger partial charge on any atom is -0.391 e. The first-order valence-electron chi connectivity index (χ1n) is 5.50. The van der Waals surface area contributed by atoms with Crippen LogP contribution in [0.1, 0.15) is 12.8 Å². The first kappa shape index (κ1) is 10.9. The Morgan fingerprint density at radius 2 is 2.44 bits per heavy atom. The van der Waals surface area contributed by atoms with Crippen LogP contribution < -0.4 is 21.9 Å². The van der Waals surface area contributed by atoms with Crippen molar-refractivity contribution in [1.82, 2.24) is 9.97 Å². The molecule has 2 heterocycles. The SMILES string of the molecule is NCCC1CCN(c2nc[nH]c(=O)c2N)C1. The Morgan fingerprint density at radius 1 is 1.62 bits per heavy atom. The number of anilines is 2. The molecule has 88 valence electrons. The number of H-pyrrole nitrogens is 1. The second-order valence-corrected chi connectivity index (χ2v) is 4.15. The van der Waals surface area contributed by atoms with Crippen molar-refractivity contribution in [2.24, 2.45) is 11.7 Å². The molecule has 0 radical (unpaired) electrons. The molecule has 6 heteroatoms. The summed E-state index contributed by atoms with van der Waals surface area (Å²) < 4.78 is 0. The summed E-state index contributed by atoms with van der Waals surface area (Å²) in [6.45, 7) is 2.49. The molecule has 1 aliphatic rings. The van der Waals surface area contributed by atoms with Crippen LogP contribution in [0.2, 0.25) is 0 Å². The molecule has 1 fully saturated rings. The number of aromatic nitrogens is 2. The smallest absolute Gasteiger partial charge is 0.276 e.